The van der Waals surface area contributed by atoms with Crippen LogP contribution >= 0.6 is 11.6 Å². The van der Waals surface area contributed by atoms with E-state index in [1.165, 1.54) is 26.0 Å². The van der Waals surface area contributed by atoms with Gasteiger partial charge >= 0.3 is 10.2 Å². The highest BCUT2D eigenvalue weighted by Crippen LogP contribution is 2.27. The third kappa shape index (κ3) is 7.38. The third-order valence-electron chi connectivity index (χ3n) is 6.47. The molecule has 0 aromatic heterocycles. The highest BCUT2D eigenvalue weighted by Gasteiger charge is 2.35. The van der Waals surface area contributed by atoms with Crippen molar-refractivity contribution in [1.82, 2.24) is 14.5 Å². The fourth-order valence-corrected chi connectivity index (χ4v) is 5.53. The second-order valence-corrected chi connectivity index (χ2v) is 12.0. The summed E-state index contributed by atoms with van der Waals surface area (Å²) >= 11 is 6.45. The van der Waals surface area contributed by atoms with E-state index in [1.807, 2.05) is 49.4 Å². The monoisotopic (exact) mass is 570 g/mol. The fourth-order valence-electron chi connectivity index (χ4n) is 4.22. The van der Waals surface area contributed by atoms with Gasteiger partial charge in [0.25, 0.3) is 0 Å². The molecule has 0 fully saturated rings. The Labute approximate surface area is 236 Å². The first kappa shape index (κ1) is 30.1. The molecule has 0 heterocycles. The van der Waals surface area contributed by atoms with E-state index in [0.29, 0.717) is 21.8 Å². The molecular formula is C29H35ClN4O4S. The number of nitrogens with one attached hydrogen (secondary N) is 1. The standard InChI is InChI=1S/C29H35ClN4O4S/c1-21-15-16-22(2)26(17-21)34(39(37,38)32(4)5)20-28(35)33(19-24-13-9-10-14-25(24)30)27(29(36)31-3)18-23-11-7-6-8-12-23/h6-17,27H,18-20H2,1-5H3,(H,31,36)/t27-/m0/s1. The Bertz CT molecular complexity index is 1410. The normalized spacial score (nSPS) is 12.2. The number of halogens is 1. The largest absolute Gasteiger partial charge is 0.357 e. The molecule has 0 aliphatic rings. The molecule has 0 aliphatic heterocycles. The van der Waals surface area contributed by atoms with Gasteiger partial charge in [-0.1, -0.05) is 72.3 Å². The second kappa shape index (κ2) is 13.1. The third-order valence-corrected chi connectivity index (χ3v) is 8.64. The average Bonchev–Trinajstić information content (AvgIpc) is 2.91. The van der Waals surface area contributed by atoms with Gasteiger partial charge in [-0.2, -0.15) is 12.7 Å². The van der Waals surface area contributed by atoms with Gasteiger partial charge in [-0.15, -0.1) is 0 Å². The minimum Gasteiger partial charge on any atom is -0.357 e. The Morgan fingerprint density at radius 2 is 1.59 bits per heavy atom. The number of anilines is 1. The van der Waals surface area contributed by atoms with Crippen molar-refractivity contribution in [2.24, 2.45) is 0 Å². The summed E-state index contributed by atoms with van der Waals surface area (Å²) in [6.45, 7) is 3.17. The predicted molar refractivity (Wildman–Crippen MR) is 156 cm³/mol. The minimum absolute atomic E-state index is 0.0199. The topological polar surface area (TPSA) is 90.0 Å². The van der Waals surface area contributed by atoms with Gasteiger partial charge in [-0.25, -0.2) is 4.31 Å². The van der Waals surface area contributed by atoms with Gasteiger partial charge < -0.3 is 10.2 Å². The molecule has 1 N–H and O–H groups in total. The second-order valence-electron chi connectivity index (χ2n) is 9.52. The first-order chi connectivity index (χ1) is 18.4. The summed E-state index contributed by atoms with van der Waals surface area (Å²) in [4.78, 5) is 28.8. The van der Waals surface area contributed by atoms with Crippen molar-refractivity contribution in [3.63, 3.8) is 0 Å². The van der Waals surface area contributed by atoms with Crippen LogP contribution in [0.1, 0.15) is 22.3 Å². The van der Waals surface area contributed by atoms with Gasteiger partial charge in [0.05, 0.1) is 5.69 Å². The van der Waals surface area contributed by atoms with Crippen molar-refractivity contribution in [3.8, 4) is 0 Å². The van der Waals surface area contributed by atoms with Gasteiger partial charge in [0, 0.05) is 39.1 Å². The van der Waals surface area contributed by atoms with Crippen molar-refractivity contribution in [3.05, 3.63) is 100 Å². The molecule has 0 spiro atoms. The molecule has 0 saturated heterocycles. The molecule has 2 amide bonds. The van der Waals surface area contributed by atoms with Crippen LogP contribution in [-0.4, -0.2) is 63.2 Å². The molecule has 8 nitrogen and oxygen atoms in total. The van der Waals surface area contributed by atoms with Crippen LogP contribution in [0.3, 0.4) is 0 Å². The summed E-state index contributed by atoms with van der Waals surface area (Å²) in [6.07, 6.45) is 0.237. The zero-order valence-electron chi connectivity index (χ0n) is 22.9. The number of aryl methyl sites for hydroxylation is 2. The highest BCUT2D eigenvalue weighted by molar-refractivity contribution is 7.90. The maximum Gasteiger partial charge on any atom is 0.304 e. The maximum atomic E-state index is 14.1. The lowest BCUT2D eigenvalue weighted by Gasteiger charge is -2.34. The quantitative estimate of drug-likeness (QED) is 0.378. The highest BCUT2D eigenvalue weighted by atomic mass is 35.5. The van der Waals surface area contributed by atoms with Crippen LogP contribution in [0.15, 0.2) is 72.8 Å². The van der Waals surface area contributed by atoms with Gasteiger partial charge in [0.15, 0.2) is 0 Å². The molecule has 3 aromatic rings. The number of rotatable bonds is 11. The Morgan fingerprint density at radius 1 is 0.949 bits per heavy atom. The molecule has 39 heavy (non-hydrogen) atoms. The number of likely N-dealkylation sites (N-methyl/N-ethyl adjacent to an activating group) is 1. The first-order valence-corrected chi connectivity index (χ1v) is 14.3. The minimum atomic E-state index is -4.06. The molecule has 10 heteroatoms. The van der Waals surface area contributed by atoms with Gasteiger partial charge in [0.2, 0.25) is 11.8 Å². The van der Waals surface area contributed by atoms with E-state index >= 15 is 0 Å². The van der Waals surface area contributed by atoms with Crippen molar-refractivity contribution in [1.29, 1.82) is 0 Å². The summed E-state index contributed by atoms with van der Waals surface area (Å²) in [6, 6.07) is 21.0. The molecular weight excluding hydrogens is 536 g/mol. The summed E-state index contributed by atoms with van der Waals surface area (Å²) in [7, 11) is 0.290. The Hall–Kier alpha value is -3.40. The summed E-state index contributed by atoms with van der Waals surface area (Å²) in [5.74, 6) is -0.904. The predicted octanol–water partition coefficient (Wildman–Crippen LogP) is 3.96. The lowest BCUT2D eigenvalue weighted by Crippen LogP contribution is -2.54. The molecule has 0 unspecified atom stereocenters. The molecule has 3 aromatic carbocycles. The zero-order valence-corrected chi connectivity index (χ0v) is 24.5. The average molecular weight is 571 g/mol. The van der Waals surface area contributed by atoms with E-state index < -0.39 is 28.7 Å². The van der Waals surface area contributed by atoms with Crippen molar-refractivity contribution in [2.45, 2.75) is 32.9 Å². The van der Waals surface area contributed by atoms with E-state index in [9.17, 15) is 18.0 Å². The van der Waals surface area contributed by atoms with E-state index in [4.69, 9.17) is 11.6 Å². The number of carbonyl (C=O) groups excluding carboxylic acids is 2. The zero-order chi connectivity index (χ0) is 28.7. The number of amides is 2. The van der Waals surface area contributed by atoms with Crippen molar-refractivity contribution in [2.75, 3.05) is 32.0 Å². The summed E-state index contributed by atoms with van der Waals surface area (Å²) in [5, 5.41) is 3.11. The summed E-state index contributed by atoms with van der Waals surface area (Å²) < 4.78 is 29.2. The van der Waals surface area contributed by atoms with Crippen LogP contribution in [0.2, 0.25) is 5.02 Å². The molecule has 0 bridgehead atoms. The number of benzene rings is 3. The van der Waals surface area contributed by atoms with Crippen LogP contribution in [0.5, 0.6) is 0 Å². The van der Waals surface area contributed by atoms with Crippen LogP contribution in [0, 0.1) is 13.8 Å². The number of carbonyl (C=O) groups is 2. The lowest BCUT2D eigenvalue weighted by molar-refractivity contribution is -0.139. The molecule has 0 aliphatic carbocycles. The SMILES string of the molecule is CNC(=O)[C@H](Cc1ccccc1)N(Cc1ccccc1Cl)C(=O)CN(c1cc(C)ccc1C)S(=O)(=O)N(C)C. The maximum absolute atomic E-state index is 14.1. The first-order valence-electron chi connectivity index (χ1n) is 12.5. The van der Waals surface area contributed by atoms with Gasteiger partial charge in [-0.05, 0) is 48.2 Å². The number of nitrogens with zero attached hydrogens (tertiary/aromatic N) is 3. The van der Waals surface area contributed by atoms with Crippen LogP contribution in [-0.2, 0) is 32.8 Å². The smallest absolute Gasteiger partial charge is 0.304 e. The summed E-state index contributed by atoms with van der Waals surface area (Å²) in [5.41, 5.74) is 3.44. The van der Waals surface area contributed by atoms with Crippen LogP contribution < -0.4 is 9.62 Å². The Morgan fingerprint density at radius 3 is 2.21 bits per heavy atom. The van der Waals surface area contributed by atoms with E-state index in [1.54, 1.807) is 37.3 Å². The molecule has 0 saturated carbocycles. The molecule has 3 rings (SSSR count). The molecule has 208 valence electrons. The number of hydrogen-bond acceptors (Lipinski definition) is 4. The fraction of sp³-hybridized carbons (Fsp3) is 0.310. The molecule has 1 atom stereocenters. The van der Waals surface area contributed by atoms with Crippen LogP contribution in [0.25, 0.3) is 0 Å². The number of hydrogen-bond donors (Lipinski definition) is 1. The van der Waals surface area contributed by atoms with E-state index in [0.717, 1.165) is 19.7 Å². The Kier molecular flexibility index (Phi) is 10.1. The Balaban J connectivity index is 2.11. The lowest BCUT2D eigenvalue weighted by atomic mass is 10.0. The van der Waals surface area contributed by atoms with Crippen molar-refractivity contribution < 1.29 is 18.0 Å². The van der Waals surface area contributed by atoms with Crippen molar-refractivity contribution >= 4 is 39.3 Å². The van der Waals surface area contributed by atoms with Gasteiger partial charge in [-0.3, -0.25) is 9.59 Å². The van der Waals surface area contributed by atoms with Gasteiger partial charge in [0.1, 0.15) is 12.6 Å². The molecule has 0 radical (unpaired) electrons. The van der Waals surface area contributed by atoms with E-state index in [2.05, 4.69) is 5.32 Å². The van der Waals surface area contributed by atoms with E-state index in [-0.39, 0.29) is 18.9 Å². The van der Waals surface area contributed by atoms with Crippen LogP contribution in [0.4, 0.5) is 5.69 Å².